The second kappa shape index (κ2) is 8.28. The third-order valence-corrected chi connectivity index (χ3v) is 3.93. The quantitative estimate of drug-likeness (QED) is 0.777. The zero-order valence-corrected chi connectivity index (χ0v) is 12.2. The Morgan fingerprint density at radius 1 is 1.47 bits per heavy atom. The van der Waals surface area contributed by atoms with Crippen LogP contribution in [0.25, 0.3) is 0 Å². The standard InChI is InChI=1S/C16H27NO2/c1-4-5-7-10-13(2)16(19)15-14(18)11-8-6-9-12-17(15)3/h4-5,7,13,15-16,19H,1,6,8-12H2,2-3H3/b7-5+/t13-,15-,16-/m1/s1. The van der Waals surface area contributed by atoms with Crippen molar-refractivity contribution in [3.8, 4) is 0 Å². The zero-order valence-electron chi connectivity index (χ0n) is 12.2. The van der Waals surface area contributed by atoms with Crippen LogP contribution in [0, 0.1) is 5.92 Å². The normalized spacial score (nSPS) is 25.8. The van der Waals surface area contributed by atoms with E-state index in [2.05, 4.69) is 6.58 Å². The lowest BCUT2D eigenvalue weighted by Gasteiger charge is -2.34. The average molecular weight is 265 g/mol. The summed E-state index contributed by atoms with van der Waals surface area (Å²) in [6, 6.07) is -0.340. The fourth-order valence-corrected chi connectivity index (χ4v) is 2.66. The van der Waals surface area contributed by atoms with Gasteiger partial charge in [-0.3, -0.25) is 9.69 Å². The molecule has 1 N–H and O–H groups in total. The third-order valence-electron chi connectivity index (χ3n) is 3.93. The summed E-state index contributed by atoms with van der Waals surface area (Å²) >= 11 is 0. The van der Waals surface area contributed by atoms with Crippen LogP contribution < -0.4 is 0 Å². The van der Waals surface area contributed by atoms with Gasteiger partial charge in [0.25, 0.3) is 0 Å². The molecule has 3 atom stereocenters. The summed E-state index contributed by atoms with van der Waals surface area (Å²) in [4.78, 5) is 14.2. The van der Waals surface area contributed by atoms with E-state index in [0.717, 1.165) is 32.2 Å². The van der Waals surface area contributed by atoms with Crippen molar-refractivity contribution in [3.63, 3.8) is 0 Å². The topological polar surface area (TPSA) is 40.5 Å². The van der Waals surface area contributed by atoms with Crippen LogP contribution >= 0.6 is 0 Å². The SMILES string of the molecule is C=C/C=C/C[C@@H](C)[C@@H](O)[C@H]1C(=O)CCCCCN1C. The Labute approximate surface area is 117 Å². The number of likely N-dealkylation sites (N-methyl/N-ethyl adjacent to an activating group) is 1. The molecule has 0 bridgehead atoms. The number of carbonyl (C=O) groups is 1. The van der Waals surface area contributed by atoms with Gasteiger partial charge in [0, 0.05) is 6.42 Å². The highest BCUT2D eigenvalue weighted by atomic mass is 16.3. The summed E-state index contributed by atoms with van der Waals surface area (Å²) in [7, 11) is 1.95. The average Bonchev–Trinajstić information content (AvgIpc) is 2.36. The molecule has 0 aromatic carbocycles. The van der Waals surface area contributed by atoms with E-state index in [9.17, 15) is 9.90 Å². The van der Waals surface area contributed by atoms with Crippen molar-refractivity contribution in [2.24, 2.45) is 5.92 Å². The predicted molar refractivity (Wildman–Crippen MR) is 79.0 cm³/mol. The largest absolute Gasteiger partial charge is 0.391 e. The minimum Gasteiger partial charge on any atom is -0.391 e. The Bertz CT molecular complexity index is 325. The van der Waals surface area contributed by atoms with Crippen molar-refractivity contribution in [1.29, 1.82) is 0 Å². The highest BCUT2D eigenvalue weighted by Crippen LogP contribution is 2.21. The summed E-state index contributed by atoms with van der Waals surface area (Å²) in [6.45, 7) is 6.52. The first-order chi connectivity index (χ1) is 9.07. The number of ketones is 1. The fraction of sp³-hybridized carbons (Fsp3) is 0.688. The maximum absolute atomic E-state index is 12.2. The number of hydrogen-bond acceptors (Lipinski definition) is 3. The van der Waals surface area contributed by atoms with Gasteiger partial charge in [-0.25, -0.2) is 0 Å². The van der Waals surface area contributed by atoms with E-state index < -0.39 is 6.10 Å². The van der Waals surface area contributed by atoms with E-state index in [4.69, 9.17) is 0 Å². The van der Waals surface area contributed by atoms with Gasteiger partial charge in [-0.2, -0.15) is 0 Å². The number of carbonyl (C=O) groups excluding carboxylic acids is 1. The van der Waals surface area contributed by atoms with Crippen LogP contribution in [0.5, 0.6) is 0 Å². The molecule has 0 radical (unpaired) electrons. The Kier molecular flexibility index (Phi) is 7.03. The molecule has 1 fully saturated rings. The van der Waals surface area contributed by atoms with E-state index in [0.29, 0.717) is 6.42 Å². The molecule has 0 aliphatic carbocycles. The number of nitrogens with zero attached hydrogens (tertiary/aromatic N) is 1. The van der Waals surface area contributed by atoms with Gasteiger partial charge in [-0.1, -0.05) is 38.2 Å². The molecule has 1 saturated heterocycles. The van der Waals surface area contributed by atoms with E-state index in [1.807, 2.05) is 31.0 Å². The molecule has 0 aromatic rings. The first kappa shape index (κ1) is 16.1. The number of Topliss-reactive ketones (excluding diaryl/α,β-unsaturated/α-hetero) is 1. The molecule has 1 rings (SSSR count). The maximum atomic E-state index is 12.2. The molecule has 19 heavy (non-hydrogen) atoms. The molecular weight excluding hydrogens is 238 g/mol. The highest BCUT2D eigenvalue weighted by Gasteiger charge is 2.33. The van der Waals surface area contributed by atoms with Gasteiger partial charge in [0.1, 0.15) is 0 Å². The molecule has 0 amide bonds. The summed E-state index contributed by atoms with van der Waals surface area (Å²) in [5.41, 5.74) is 0. The van der Waals surface area contributed by atoms with Crippen molar-refractivity contribution in [1.82, 2.24) is 4.90 Å². The summed E-state index contributed by atoms with van der Waals surface area (Å²) in [5, 5.41) is 10.5. The van der Waals surface area contributed by atoms with E-state index in [-0.39, 0.29) is 17.7 Å². The van der Waals surface area contributed by atoms with Crippen LogP contribution in [-0.2, 0) is 4.79 Å². The lowest BCUT2D eigenvalue weighted by Crippen LogP contribution is -2.50. The molecule has 1 heterocycles. The molecule has 0 aromatic heterocycles. The zero-order chi connectivity index (χ0) is 14.3. The highest BCUT2D eigenvalue weighted by molar-refractivity contribution is 5.84. The fourth-order valence-electron chi connectivity index (χ4n) is 2.66. The predicted octanol–water partition coefficient (Wildman–Crippen LogP) is 2.56. The van der Waals surface area contributed by atoms with Gasteiger partial charge in [0.15, 0.2) is 5.78 Å². The Morgan fingerprint density at radius 2 is 2.21 bits per heavy atom. The van der Waals surface area contributed by atoms with Crippen molar-refractivity contribution in [2.45, 2.75) is 51.2 Å². The summed E-state index contributed by atoms with van der Waals surface area (Å²) in [5.74, 6) is 0.265. The molecular formula is C16H27NO2. The van der Waals surface area contributed by atoms with Crippen molar-refractivity contribution in [3.05, 3.63) is 24.8 Å². The van der Waals surface area contributed by atoms with Gasteiger partial charge in [0.05, 0.1) is 12.1 Å². The second-order valence-electron chi connectivity index (χ2n) is 5.57. The minimum atomic E-state index is -0.593. The number of aliphatic hydroxyl groups is 1. The number of aliphatic hydroxyl groups excluding tert-OH is 1. The lowest BCUT2D eigenvalue weighted by molar-refractivity contribution is -0.130. The Morgan fingerprint density at radius 3 is 2.89 bits per heavy atom. The Hall–Kier alpha value is -0.930. The first-order valence-corrected chi connectivity index (χ1v) is 7.26. The Balaban J connectivity index is 2.68. The van der Waals surface area contributed by atoms with Crippen LogP contribution in [0.1, 0.15) is 39.0 Å². The van der Waals surface area contributed by atoms with E-state index in [1.165, 1.54) is 0 Å². The number of hydrogen-bond donors (Lipinski definition) is 1. The molecule has 0 saturated carbocycles. The van der Waals surface area contributed by atoms with Gasteiger partial charge >= 0.3 is 0 Å². The second-order valence-corrected chi connectivity index (χ2v) is 5.57. The van der Waals surface area contributed by atoms with Crippen LogP contribution in [-0.4, -0.2) is 41.5 Å². The molecule has 0 unspecified atom stereocenters. The van der Waals surface area contributed by atoms with Gasteiger partial charge in [0.2, 0.25) is 0 Å². The molecule has 1 aliphatic rings. The maximum Gasteiger partial charge on any atom is 0.152 e. The van der Waals surface area contributed by atoms with E-state index >= 15 is 0 Å². The van der Waals surface area contributed by atoms with E-state index in [1.54, 1.807) is 6.08 Å². The molecule has 108 valence electrons. The van der Waals surface area contributed by atoms with Crippen LogP contribution in [0.15, 0.2) is 24.8 Å². The molecule has 1 aliphatic heterocycles. The minimum absolute atomic E-state index is 0.0760. The third kappa shape index (κ3) is 4.92. The summed E-state index contributed by atoms with van der Waals surface area (Å²) < 4.78 is 0. The number of rotatable bonds is 5. The van der Waals surface area contributed by atoms with Gasteiger partial charge in [-0.05, 0) is 38.8 Å². The number of allylic oxidation sites excluding steroid dienone is 3. The van der Waals surface area contributed by atoms with Crippen molar-refractivity contribution in [2.75, 3.05) is 13.6 Å². The smallest absolute Gasteiger partial charge is 0.152 e. The van der Waals surface area contributed by atoms with Crippen molar-refractivity contribution < 1.29 is 9.90 Å². The van der Waals surface area contributed by atoms with Crippen LogP contribution in [0.3, 0.4) is 0 Å². The van der Waals surface area contributed by atoms with Crippen molar-refractivity contribution >= 4 is 5.78 Å². The molecule has 3 nitrogen and oxygen atoms in total. The summed E-state index contributed by atoms with van der Waals surface area (Å²) in [6.07, 6.45) is 9.55. The van der Waals surface area contributed by atoms with Gasteiger partial charge < -0.3 is 5.11 Å². The first-order valence-electron chi connectivity index (χ1n) is 7.26. The van der Waals surface area contributed by atoms with Gasteiger partial charge in [-0.15, -0.1) is 0 Å². The molecule has 0 spiro atoms. The van der Waals surface area contributed by atoms with Crippen LogP contribution in [0.2, 0.25) is 0 Å². The lowest BCUT2D eigenvalue weighted by atomic mass is 9.88. The van der Waals surface area contributed by atoms with Crippen LogP contribution in [0.4, 0.5) is 0 Å². The molecule has 3 heteroatoms. The monoisotopic (exact) mass is 265 g/mol. The number of likely N-dealkylation sites (tertiary alicyclic amines) is 1.